The van der Waals surface area contributed by atoms with Crippen LogP contribution in [0.3, 0.4) is 0 Å². The third-order valence-electron chi connectivity index (χ3n) is 4.86. The van der Waals surface area contributed by atoms with Gasteiger partial charge in [-0.05, 0) is 54.3 Å². The number of carbonyl (C=O) groups excluding carboxylic acids is 1. The van der Waals surface area contributed by atoms with Gasteiger partial charge in [0.1, 0.15) is 6.61 Å². The van der Waals surface area contributed by atoms with Crippen molar-refractivity contribution in [3.8, 4) is 11.5 Å². The molecule has 0 heterocycles. The molecule has 1 saturated carbocycles. The van der Waals surface area contributed by atoms with Crippen molar-refractivity contribution in [2.45, 2.75) is 38.7 Å². The summed E-state index contributed by atoms with van der Waals surface area (Å²) in [5.74, 6) is 1.34. The van der Waals surface area contributed by atoms with Gasteiger partial charge in [0.05, 0.1) is 13.3 Å². The lowest BCUT2D eigenvalue weighted by atomic mass is 9.89. The van der Waals surface area contributed by atoms with Crippen LogP contribution >= 0.6 is 11.6 Å². The average molecular weight is 401 g/mol. The van der Waals surface area contributed by atoms with Gasteiger partial charge in [-0.3, -0.25) is 4.79 Å². The number of rotatable bonds is 7. The van der Waals surface area contributed by atoms with Gasteiger partial charge in [0.25, 0.3) is 0 Å². The van der Waals surface area contributed by atoms with Gasteiger partial charge in [-0.1, -0.05) is 43.0 Å². The highest BCUT2D eigenvalue weighted by molar-refractivity contribution is 6.30. The van der Waals surface area contributed by atoms with Crippen LogP contribution in [-0.4, -0.2) is 19.2 Å². The number of nitrogens with one attached hydrogen (secondary N) is 1. The zero-order valence-corrected chi connectivity index (χ0v) is 16.7. The Morgan fingerprint density at radius 2 is 1.89 bits per heavy atom. The minimum atomic E-state index is 0.00540. The van der Waals surface area contributed by atoms with E-state index in [1.165, 1.54) is 6.42 Å². The van der Waals surface area contributed by atoms with Gasteiger partial charge >= 0.3 is 0 Å². The molecule has 1 fully saturated rings. The molecule has 5 nitrogen and oxygen atoms in total. The third-order valence-corrected chi connectivity index (χ3v) is 5.11. The molecule has 28 heavy (non-hydrogen) atoms. The summed E-state index contributed by atoms with van der Waals surface area (Å²) in [6.45, 7) is 0.415. The second kappa shape index (κ2) is 10.1. The van der Waals surface area contributed by atoms with Crippen LogP contribution in [0.4, 0.5) is 0 Å². The Labute approximate surface area is 170 Å². The van der Waals surface area contributed by atoms with E-state index in [0.717, 1.165) is 36.8 Å². The normalized spacial score (nSPS) is 14.8. The Morgan fingerprint density at radius 1 is 1.14 bits per heavy atom. The number of hydrogen-bond donors (Lipinski definition) is 1. The van der Waals surface area contributed by atoms with Crippen molar-refractivity contribution in [1.82, 2.24) is 5.43 Å². The number of carbonyl (C=O) groups is 1. The minimum absolute atomic E-state index is 0.00540. The number of nitrogens with zero attached hydrogens (tertiary/aromatic N) is 1. The van der Waals surface area contributed by atoms with Crippen molar-refractivity contribution < 1.29 is 14.3 Å². The Hall–Kier alpha value is -2.53. The average Bonchev–Trinajstić information content (AvgIpc) is 2.74. The molecule has 1 aliphatic carbocycles. The van der Waals surface area contributed by atoms with E-state index in [0.29, 0.717) is 23.1 Å². The Kier molecular flexibility index (Phi) is 7.31. The number of hydrogen-bond acceptors (Lipinski definition) is 4. The fourth-order valence-corrected chi connectivity index (χ4v) is 3.38. The number of methoxy groups -OCH3 is 1. The van der Waals surface area contributed by atoms with Crippen molar-refractivity contribution in [2.75, 3.05) is 7.11 Å². The van der Waals surface area contributed by atoms with Crippen molar-refractivity contribution in [3.63, 3.8) is 0 Å². The molecule has 0 aromatic heterocycles. The fourth-order valence-electron chi connectivity index (χ4n) is 3.25. The first-order valence-electron chi connectivity index (χ1n) is 9.54. The first kappa shape index (κ1) is 20.2. The lowest BCUT2D eigenvalue weighted by Gasteiger charge is -2.19. The predicted molar refractivity (Wildman–Crippen MR) is 111 cm³/mol. The molecule has 0 aliphatic heterocycles. The fraction of sp³-hybridized carbons (Fsp3) is 0.364. The maximum Gasteiger partial charge on any atom is 0.243 e. The van der Waals surface area contributed by atoms with E-state index < -0.39 is 0 Å². The van der Waals surface area contributed by atoms with Gasteiger partial charge in [-0.25, -0.2) is 5.43 Å². The van der Waals surface area contributed by atoms with Crippen LogP contribution in [0.1, 0.15) is 43.2 Å². The predicted octanol–water partition coefficient (Wildman–Crippen LogP) is 4.96. The van der Waals surface area contributed by atoms with Crippen LogP contribution in [0.15, 0.2) is 47.6 Å². The highest BCUT2D eigenvalue weighted by Crippen LogP contribution is 2.28. The highest BCUT2D eigenvalue weighted by atomic mass is 35.5. The number of halogens is 1. The minimum Gasteiger partial charge on any atom is -0.493 e. The molecule has 0 atom stereocenters. The Morgan fingerprint density at radius 3 is 2.61 bits per heavy atom. The zero-order valence-electron chi connectivity index (χ0n) is 16.0. The van der Waals surface area contributed by atoms with Crippen LogP contribution in [0.5, 0.6) is 11.5 Å². The SMILES string of the molecule is COc1cc(/C=N/NC(=O)C2CCCCC2)ccc1OCc1ccc(Cl)cc1. The van der Waals surface area contributed by atoms with Gasteiger partial charge in [-0.2, -0.15) is 5.10 Å². The van der Waals surface area contributed by atoms with Crippen molar-refractivity contribution in [1.29, 1.82) is 0 Å². The van der Waals surface area contributed by atoms with E-state index in [1.807, 2.05) is 42.5 Å². The lowest BCUT2D eigenvalue weighted by molar-refractivity contribution is -0.125. The second-order valence-corrected chi connectivity index (χ2v) is 7.33. The topological polar surface area (TPSA) is 59.9 Å². The molecular formula is C22H25ClN2O3. The maximum absolute atomic E-state index is 12.1. The van der Waals surface area contributed by atoms with Crippen LogP contribution in [-0.2, 0) is 11.4 Å². The number of amides is 1. The molecule has 1 amide bonds. The first-order valence-corrected chi connectivity index (χ1v) is 9.91. The van der Waals surface area contributed by atoms with Gasteiger partial charge in [0.2, 0.25) is 5.91 Å². The van der Waals surface area contributed by atoms with E-state index in [1.54, 1.807) is 13.3 Å². The quantitative estimate of drug-likeness (QED) is 0.528. The standard InChI is InChI=1S/C22H25ClN2O3/c1-27-21-13-17(14-24-25-22(26)18-5-3-2-4-6-18)9-12-20(21)28-15-16-7-10-19(23)11-8-16/h7-14,18H,2-6,15H2,1H3,(H,25,26)/b24-14+. The molecule has 1 N–H and O–H groups in total. The summed E-state index contributed by atoms with van der Waals surface area (Å²) in [6.07, 6.45) is 6.99. The summed E-state index contributed by atoms with van der Waals surface area (Å²) in [4.78, 5) is 12.1. The van der Waals surface area contributed by atoms with E-state index in [2.05, 4.69) is 10.5 Å². The molecule has 0 spiro atoms. The van der Waals surface area contributed by atoms with Gasteiger partial charge in [-0.15, -0.1) is 0 Å². The summed E-state index contributed by atoms with van der Waals surface area (Å²) >= 11 is 5.90. The van der Waals surface area contributed by atoms with Gasteiger partial charge < -0.3 is 9.47 Å². The molecule has 148 valence electrons. The second-order valence-electron chi connectivity index (χ2n) is 6.89. The largest absolute Gasteiger partial charge is 0.493 e. The first-order chi connectivity index (χ1) is 13.7. The van der Waals surface area contributed by atoms with Crippen molar-refractivity contribution >= 4 is 23.7 Å². The Balaban J connectivity index is 1.57. The number of benzene rings is 2. The lowest BCUT2D eigenvalue weighted by Crippen LogP contribution is -2.28. The van der Waals surface area contributed by atoms with E-state index >= 15 is 0 Å². The number of ether oxygens (including phenoxy) is 2. The molecular weight excluding hydrogens is 376 g/mol. The molecule has 2 aromatic rings. The van der Waals surface area contributed by atoms with Crippen molar-refractivity contribution in [3.05, 3.63) is 58.6 Å². The summed E-state index contributed by atoms with van der Waals surface area (Å²) < 4.78 is 11.3. The van der Waals surface area contributed by atoms with Crippen LogP contribution < -0.4 is 14.9 Å². The van der Waals surface area contributed by atoms with E-state index in [9.17, 15) is 4.79 Å². The van der Waals surface area contributed by atoms with E-state index in [-0.39, 0.29) is 11.8 Å². The molecule has 2 aromatic carbocycles. The van der Waals surface area contributed by atoms with Crippen LogP contribution in [0, 0.1) is 5.92 Å². The molecule has 3 rings (SSSR count). The Bertz CT molecular complexity index is 815. The maximum atomic E-state index is 12.1. The summed E-state index contributed by atoms with van der Waals surface area (Å²) in [5.41, 5.74) is 4.49. The number of hydrazone groups is 1. The van der Waals surface area contributed by atoms with Crippen LogP contribution in [0.25, 0.3) is 0 Å². The van der Waals surface area contributed by atoms with Crippen LogP contribution in [0.2, 0.25) is 5.02 Å². The smallest absolute Gasteiger partial charge is 0.243 e. The summed E-state index contributed by atoms with van der Waals surface area (Å²) in [6, 6.07) is 13.0. The van der Waals surface area contributed by atoms with Gasteiger partial charge in [0.15, 0.2) is 11.5 Å². The van der Waals surface area contributed by atoms with Gasteiger partial charge in [0, 0.05) is 10.9 Å². The molecule has 0 bridgehead atoms. The molecule has 0 saturated heterocycles. The zero-order chi connectivity index (χ0) is 19.8. The monoisotopic (exact) mass is 400 g/mol. The van der Waals surface area contributed by atoms with E-state index in [4.69, 9.17) is 21.1 Å². The summed E-state index contributed by atoms with van der Waals surface area (Å²) in [5, 5.41) is 4.79. The third kappa shape index (κ3) is 5.73. The molecule has 0 unspecified atom stereocenters. The molecule has 1 aliphatic rings. The van der Waals surface area contributed by atoms with Crippen molar-refractivity contribution in [2.24, 2.45) is 11.0 Å². The molecule has 6 heteroatoms. The summed E-state index contributed by atoms with van der Waals surface area (Å²) in [7, 11) is 1.59. The molecule has 0 radical (unpaired) electrons. The highest BCUT2D eigenvalue weighted by Gasteiger charge is 2.20.